The summed E-state index contributed by atoms with van der Waals surface area (Å²) in [5.41, 5.74) is 3.74. The highest BCUT2D eigenvalue weighted by Crippen LogP contribution is 2.27. The second-order valence-electron chi connectivity index (χ2n) is 7.17. The second kappa shape index (κ2) is 8.30. The van der Waals surface area contributed by atoms with Gasteiger partial charge in [0.05, 0.1) is 5.56 Å². The number of nitrogens with zero attached hydrogens (tertiary/aromatic N) is 3. The van der Waals surface area contributed by atoms with E-state index in [1.54, 1.807) is 30.6 Å². The normalized spacial score (nSPS) is 14.8. The number of hydrogen-bond donors (Lipinski definition) is 0. The highest BCUT2D eigenvalue weighted by molar-refractivity contribution is 5.93. The summed E-state index contributed by atoms with van der Waals surface area (Å²) in [7, 11) is 0. The number of hydrogen-bond acceptors (Lipinski definition) is 3. The fourth-order valence-corrected chi connectivity index (χ4v) is 3.69. The van der Waals surface area contributed by atoms with E-state index < -0.39 is 0 Å². The van der Waals surface area contributed by atoms with Gasteiger partial charge in [-0.25, -0.2) is 4.39 Å². The van der Waals surface area contributed by atoms with Crippen LogP contribution in [0.25, 0.3) is 0 Å². The first-order valence-electron chi connectivity index (χ1n) is 9.58. The van der Waals surface area contributed by atoms with Crippen LogP contribution in [-0.4, -0.2) is 33.9 Å². The topological polar surface area (TPSA) is 46.1 Å². The minimum absolute atomic E-state index is 0.0459. The Morgan fingerprint density at radius 2 is 1.82 bits per heavy atom. The van der Waals surface area contributed by atoms with E-state index in [0.717, 1.165) is 42.9 Å². The molecule has 0 aliphatic carbocycles. The summed E-state index contributed by atoms with van der Waals surface area (Å²) in [5, 5.41) is 0. The van der Waals surface area contributed by atoms with E-state index in [1.807, 2.05) is 23.1 Å². The Morgan fingerprint density at radius 3 is 2.54 bits per heavy atom. The standard InChI is InChI=1S/C23H22FN3O/c24-20-8-6-17(7-9-20)15-21-4-1-5-22(26-21)18-10-13-27(14-11-18)23(28)19-3-2-12-25-16-19/h1-9,12,16,18H,10-11,13-15H2. The lowest BCUT2D eigenvalue weighted by Gasteiger charge is -2.32. The van der Waals surface area contributed by atoms with Crippen LogP contribution in [0.2, 0.25) is 0 Å². The van der Waals surface area contributed by atoms with Gasteiger partial charge in [-0.3, -0.25) is 14.8 Å². The van der Waals surface area contributed by atoms with Crippen LogP contribution in [0.15, 0.2) is 67.0 Å². The maximum absolute atomic E-state index is 13.1. The first-order valence-corrected chi connectivity index (χ1v) is 9.58. The Balaban J connectivity index is 1.39. The fraction of sp³-hybridized carbons (Fsp3) is 0.261. The Hall–Kier alpha value is -3.08. The Labute approximate surface area is 164 Å². The molecule has 5 heteroatoms. The third kappa shape index (κ3) is 4.25. The van der Waals surface area contributed by atoms with Crippen molar-refractivity contribution in [3.63, 3.8) is 0 Å². The van der Waals surface area contributed by atoms with Crippen LogP contribution in [0.4, 0.5) is 4.39 Å². The Kier molecular flexibility index (Phi) is 5.42. The van der Waals surface area contributed by atoms with Gasteiger partial charge in [0.1, 0.15) is 5.82 Å². The largest absolute Gasteiger partial charge is 0.339 e. The minimum atomic E-state index is -0.224. The van der Waals surface area contributed by atoms with Gasteiger partial charge in [-0.05, 0) is 54.8 Å². The summed E-state index contributed by atoms with van der Waals surface area (Å²) in [4.78, 5) is 23.3. The lowest BCUT2D eigenvalue weighted by Crippen LogP contribution is -2.38. The van der Waals surface area contributed by atoms with Gasteiger partial charge >= 0.3 is 0 Å². The predicted molar refractivity (Wildman–Crippen MR) is 106 cm³/mol. The van der Waals surface area contributed by atoms with E-state index in [1.165, 1.54) is 12.1 Å². The van der Waals surface area contributed by atoms with Gasteiger partial charge < -0.3 is 4.90 Å². The van der Waals surface area contributed by atoms with Crippen molar-refractivity contribution < 1.29 is 9.18 Å². The highest BCUT2D eigenvalue weighted by Gasteiger charge is 2.25. The number of amides is 1. The molecule has 142 valence electrons. The monoisotopic (exact) mass is 375 g/mol. The van der Waals surface area contributed by atoms with E-state index in [4.69, 9.17) is 4.98 Å². The lowest BCUT2D eigenvalue weighted by atomic mass is 9.92. The summed E-state index contributed by atoms with van der Waals surface area (Å²) in [6, 6.07) is 16.3. The molecule has 0 N–H and O–H groups in total. The Morgan fingerprint density at radius 1 is 1.04 bits per heavy atom. The van der Waals surface area contributed by atoms with E-state index >= 15 is 0 Å². The zero-order valence-electron chi connectivity index (χ0n) is 15.6. The summed E-state index contributed by atoms with van der Waals surface area (Å²) >= 11 is 0. The van der Waals surface area contributed by atoms with Crippen molar-refractivity contribution in [2.75, 3.05) is 13.1 Å². The summed E-state index contributed by atoms with van der Waals surface area (Å²) in [5.74, 6) is 0.175. The number of rotatable bonds is 4. The SMILES string of the molecule is O=C(c1cccnc1)N1CCC(c2cccc(Cc3ccc(F)cc3)n2)CC1. The zero-order valence-corrected chi connectivity index (χ0v) is 15.6. The molecular formula is C23H22FN3O. The van der Waals surface area contributed by atoms with Gasteiger partial charge in [0.25, 0.3) is 5.91 Å². The van der Waals surface area contributed by atoms with Gasteiger partial charge in [-0.1, -0.05) is 18.2 Å². The minimum Gasteiger partial charge on any atom is -0.339 e. The van der Waals surface area contributed by atoms with Crippen LogP contribution < -0.4 is 0 Å². The van der Waals surface area contributed by atoms with Crippen molar-refractivity contribution in [1.82, 2.24) is 14.9 Å². The van der Waals surface area contributed by atoms with E-state index in [-0.39, 0.29) is 11.7 Å². The third-order valence-electron chi connectivity index (χ3n) is 5.24. The average molecular weight is 375 g/mol. The molecule has 1 saturated heterocycles. The van der Waals surface area contributed by atoms with Crippen LogP contribution in [-0.2, 0) is 6.42 Å². The third-order valence-corrected chi connectivity index (χ3v) is 5.24. The molecule has 0 radical (unpaired) electrons. The van der Waals surface area contributed by atoms with Crippen LogP contribution >= 0.6 is 0 Å². The maximum Gasteiger partial charge on any atom is 0.255 e. The molecule has 4 nitrogen and oxygen atoms in total. The Bertz CT molecular complexity index is 936. The predicted octanol–water partition coefficient (Wildman–Crippen LogP) is 4.23. The van der Waals surface area contributed by atoms with Crippen molar-refractivity contribution >= 4 is 5.91 Å². The molecule has 0 atom stereocenters. The van der Waals surface area contributed by atoms with Crippen LogP contribution in [0, 0.1) is 5.82 Å². The zero-order chi connectivity index (χ0) is 19.3. The van der Waals surface area contributed by atoms with Gasteiger partial charge in [-0.2, -0.15) is 0 Å². The van der Waals surface area contributed by atoms with Crippen LogP contribution in [0.3, 0.4) is 0 Å². The molecule has 1 aromatic carbocycles. The molecule has 4 rings (SSSR count). The number of piperidine rings is 1. The molecule has 1 aliphatic heterocycles. The second-order valence-corrected chi connectivity index (χ2v) is 7.17. The smallest absolute Gasteiger partial charge is 0.255 e. The van der Waals surface area contributed by atoms with Crippen molar-refractivity contribution in [3.05, 3.63) is 95.3 Å². The van der Waals surface area contributed by atoms with E-state index in [2.05, 4.69) is 11.1 Å². The average Bonchev–Trinajstić information content (AvgIpc) is 2.76. The van der Waals surface area contributed by atoms with Crippen molar-refractivity contribution in [2.45, 2.75) is 25.2 Å². The summed E-state index contributed by atoms with van der Waals surface area (Å²) in [6.45, 7) is 1.45. The molecular weight excluding hydrogens is 353 g/mol. The number of halogens is 1. The lowest BCUT2D eigenvalue weighted by molar-refractivity contribution is 0.0711. The van der Waals surface area contributed by atoms with E-state index in [0.29, 0.717) is 17.9 Å². The number of pyridine rings is 2. The van der Waals surface area contributed by atoms with Crippen molar-refractivity contribution in [3.8, 4) is 0 Å². The van der Waals surface area contributed by atoms with Gasteiger partial charge in [-0.15, -0.1) is 0 Å². The van der Waals surface area contributed by atoms with Crippen molar-refractivity contribution in [1.29, 1.82) is 0 Å². The molecule has 0 bridgehead atoms. The number of benzene rings is 1. The molecule has 0 unspecified atom stereocenters. The number of carbonyl (C=O) groups is 1. The number of likely N-dealkylation sites (tertiary alicyclic amines) is 1. The quantitative estimate of drug-likeness (QED) is 0.686. The molecule has 2 aromatic heterocycles. The fourth-order valence-electron chi connectivity index (χ4n) is 3.69. The number of carbonyl (C=O) groups excluding carboxylic acids is 1. The molecule has 0 saturated carbocycles. The van der Waals surface area contributed by atoms with Crippen LogP contribution in [0.1, 0.15) is 46.1 Å². The maximum atomic E-state index is 13.1. The molecule has 0 spiro atoms. The molecule has 3 aromatic rings. The number of aromatic nitrogens is 2. The molecule has 1 amide bonds. The van der Waals surface area contributed by atoms with Crippen molar-refractivity contribution in [2.24, 2.45) is 0 Å². The molecule has 28 heavy (non-hydrogen) atoms. The molecule has 1 aliphatic rings. The molecule has 1 fully saturated rings. The summed E-state index contributed by atoms with van der Waals surface area (Å²) in [6.07, 6.45) is 5.78. The van der Waals surface area contributed by atoms with Gasteiger partial charge in [0.15, 0.2) is 0 Å². The van der Waals surface area contributed by atoms with Crippen LogP contribution in [0.5, 0.6) is 0 Å². The molecule has 3 heterocycles. The van der Waals surface area contributed by atoms with E-state index in [9.17, 15) is 9.18 Å². The van der Waals surface area contributed by atoms with Gasteiger partial charge in [0.2, 0.25) is 0 Å². The first kappa shape index (κ1) is 18.3. The summed E-state index contributed by atoms with van der Waals surface area (Å²) < 4.78 is 13.1. The van der Waals surface area contributed by atoms with Gasteiger partial charge in [0, 0.05) is 49.2 Å². The first-order chi connectivity index (χ1) is 13.7. The highest BCUT2D eigenvalue weighted by atomic mass is 19.1.